The lowest BCUT2D eigenvalue weighted by atomic mass is 9.55. The SMILES string of the molecule is CC.CC12CCCCCCC1C1CC2C2C3C=CC(C3)C12. The molecule has 21 heavy (non-hydrogen) atoms. The minimum atomic E-state index is 0.741. The van der Waals surface area contributed by atoms with Crippen LogP contribution >= 0.6 is 0 Å². The predicted molar refractivity (Wildman–Crippen MR) is 90.0 cm³/mol. The second-order valence-corrected chi connectivity index (χ2v) is 8.67. The maximum Gasteiger partial charge on any atom is -0.0194 e. The number of allylic oxidation sites excluding steroid dienone is 2. The van der Waals surface area contributed by atoms with E-state index >= 15 is 0 Å². The van der Waals surface area contributed by atoms with Crippen molar-refractivity contribution in [1.82, 2.24) is 0 Å². The molecule has 0 N–H and O–H groups in total. The molecule has 0 aliphatic heterocycles. The van der Waals surface area contributed by atoms with Crippen LogP contribution in [0.25, 0.3) is 0 Å². The van der Waals surface area contributed by atoms with Crippen molar-refractivity contribution < 1.29 is 0 Å². The molecular weight excluding hydrogens is 252 g/mol. The molecule has 5 rings (SSSR count). The Bertz CT molecular complexity index is 422. The highest BCUT2D eigenvalue weighted by atomic mass is 14.7. The van der Waals surface area contributed by atoms with E-state index in [0.717, 1.165) is 46.8 Å². The molecule has 4 saturated carbocycles. The summed E-state index contributed by atoms with van der Waals surface area (Å²) in [5.74, 6) is 7.56. The average Bonchev–Trinajstić information content (AvgIpc) is 3.20. The van der Waals surface area contributed by atoms with Crippen LogP contribution in [-0.4, -0.2) is 0 Å². The van der Waals surface area contributed by atoms with Crippen molar-refractivity contribution in [3.8, 4) is 0 Å². The van der Waals surface area contributed by atoms with Gasteiger partial charge in [-0.25, -0.2) is 0 Å². The van der Waals surface area contributed by atoms with Crippen LogP contribution in [0.1, 0.15) is 72.1 Å². The maximum absolute atomic E-state index is 2.71. The van der Waals surface area contributed by atoms with Gasteiger partial charge in [-0.2, -0.15) is 0 Å². The van der Waals surface area contributed by atoms with Gasteiger partial charge in [-0.05, 0) is 72.5 Å². The first kappa shape index (κ1) is 14.3. The summed E-state index contributed by atoms with van der Waals surface area (Å²) >= 11 is 0. The lowest BCUT2D eigenvalue weighted by Crippen LogP contribution is -2.44. The van der Waals surface area contributed by atoms with Crippen LogP contribution in [0.4, 0.5) is 0 Å². The molecule has 5 aliphatic carbocycles. The van der Waals surface area contributed by atoms with Gasteiger partial charge in [0.25, 0.3) is 0 Å². The Morgan fingerprint density at radius 1 is 0.810 bits per heavy atom. The second-order valence-electron chi connectivity index (χ2n) is 8.67. The van der Waals surface area contributed by atoms with Crippen LogP contribution in [0.2, 0.25) is 0 Å². The summed E-state index contributed by atoms with van der Waals surface area (Å²) in [5.41, 5.74) is 0.741. The Labute approximate surface area is 131 Å². The highest BCUT2D eigenvalue weighted by Gasteiger charge is 2.67. The van der Waals surface area contributed by atoms with Gasteiger partial charge in [0.15, 0.2) is 0 Å². The quantitative estimate of drug-likeness (QED) is 0.374. The fourth-order valence-electron chi connectivity index (χ4n) is 7.72. The van der Waals surface area contributed by atoms with Gasteiger partial charge >= 0.3 is 0 Å². The fourth-order valence-corrected chi connectivity index (χ4v) is 7.72. The molecular formula is C21H34. The van der Waals surface area contributed by atoms with Gasteiger partial charge in [-0.15, -0.1) is 0 Å². The first-order valence-electron chi connectivity index (χ1n) is 9.97. The summed E-state index contributed by atoms with van der Waals surface area (Å²) in [6, 6.07) is 0. The molecule has 0 nitrogen and oxygen atoms in total. The van der Waals surface area contributed by atoms with Crippen molar-refractivity contribution in [3.05, 3.63) is 12.2 Å². The van der Waals surface area contributed by atoms with Gasteiger partial charge in [-0.3, -0.25) is 0 Å². The van der Waals surface area contributed by atoms with Crippen LogP contribution in [0.15, 0.2) is 12.2 Å². The Morgan fingerprint density at radius 2 is 1.52 bits per heavy atom. The first-order chi connectivity index (χ1) is 10.3. The zero-order chi connectivity index (χ0) is 14.6. The Morgan fingerprint density at radius 3 is 2.33 bits per heavy atom. The molecule has 0 amide bonds. The number of hydrogen-bond donors (Lipinski definition) is 0. The van der Waals surface area contributed by atoms with E-state index in [1.54, 1.807) is 19.3 Å². The number of hydrogen-bond acceptors (Lipinski definition) is 0. The van der Waals surface area contributed by atoms with E-state index < -0.39 is 0 Å². The smallest absolute Gasteiger partial charge is 0.0194 e. The Balaban J connectivity index is 0.000000555. The number of fused-ring (bicyclic) bond motifs is 12. The van der Waals surface area contributed by atoms with E-state index in [9.17, 15) is 0 Å². The van der Waals surface area contributed by atoms with Crippen LogP contribution in [0.5, 0.6) is 0 Å². The number of rotatable bonds is 0. The largest absolute Gasteiger partial charge is 0.0848 e. The van der Waals surface area contributed by atoms with E-state index in [1.807, 2.05) is 13.8 Å². The molecule has 0 heteroatoms. The summed E-state index contributed by atoms with van der Waals surface area (Å²) in [7, 11) is 0. The molecule has 0 aromatic rings. The Hall–Kier alpha value is -0.260. The molecule has 0 saturated heterocycles. The third-order valence-corrected chi connectivity index (χ3v) is 8.26. The molecule has 5 aliphatic rings. The van der Waals surface area contributed by atoms with Crippen LogP contribution < -0.4 is 0 Å². The first-order valence-corrected chi connectivity index (χ1v) is 9.97. The van der Waals surface area contributed by atoms with Crippen molar-refractivity contribution >= 4 is 0 Å². The van der Waals surface area contributed by atoms with E-state index in [2.05, 4.69) is 19.1 Å². The van der Waals surface area contributed by atoms with Crippen molar-refractivity contribution in [3.63, 3.8) is 0 Å². The van der Waals surface area contributed by atoms with Gasteiger partial charge in [0.1, 0.15) is 0 Å². The van der Waals surface area contributed by atoms with Gasteiger partial charge in [0, 0.05) is 0 Å². The predicted octanol–water partition coefficient (Wildman–Crippen LogP) is 6.08. The third kappa shape index (κ3) is 1.80. The molecule has 0 radical (unpaired) electrons. The summed E-state index contributed by atoms with van der Waals surface area (Å²) in [5, 5.41) is 0. The molecule has 0 aromatic carbocycles. The highest BCUT2D eigenvalue weighted by molar-refractivity contribution is 5.23. The molecule has 8 atom stereocenters. The molecule has 4 fully saturated rings. The van der Waals surface area contributed by atoms with E-state index in [0.29, 0.717) is 0 Å². The molecule has 8 unspecified atom stereocenters. The molecule has 118 valence electrons. The summed E-state index contributed by atoms with van der Waals surface area (Å²) < 4.78 is 0. The van der Waals surface area contributed by atoms with Crippen LogP contribution in [-0.2, 0) is 0 Å². The van der Waals surface area contributed by atoms with Crippen molar-refractivity contribution in [1.29, 1.82) is 0 Å². The summed E-state index contributed by atoms with van der Waals surface area (Å²) in [6.07, 6.45) is 17.6. The summed E-state index contributed by atoms with van der Waals surface area (Å²) in [4.78, 5) is 0. The summed E-state index contributed by atoms with van der Waals surface area (Å²) in [6.45, 7) is 6.71. The Kier molecular flexibility index (Phi) is 3.51. The van der Waals surface area contributed by atoms with E-state index in [-0.39, 0.29) is 0 Å². The van der Waals surface area contributed by atoms with E-state index in [4.69, 9.17) is 0 Å². The standard InChI is InChI=1S/C19H28.C2H6/c1-19-9-5-3-2-4-6-15(19)14-11-16(19)18-13-8-7-12(10-13)17(14)18;1-2/h7-8,12-18H,2-6,9-11H2,1H3;1-2H3. The van der Waals surface area contributed by atoms with E-state index in [1.165, 1.54) is 32.1 Å². The van der Waals surface area contributed by atoms with Gasteiger partial charge in [0.2, 0.25) is 0 Å². The molecule has 0 heterocycles. The van der Waals surface area contributed by atoms with Crippen LogP contribution in [0.3, 0.4) is 0 Å². The molecule has 4 bridgehead atoms. The maximum atomic E-state index is 2.71. The highest BCUT2D eigenvalue weighted by Crippen LogP contribution is 2.74. The van der Waals surface area contributed by atoms with Gasteiger partial charge < -0.3 is 0 Å². The topological polar surface area (TPSA) is 0 Å². The average molecular weight is 287 g/mol. The van der Waals surface area contributed by atoms with Gasteiger partial charge in [-0.1, -0.05) is 58.6 Å². The van der Waals surface area contributed by atoms with Crippen molar-refractivity contribution in [2.24, 2.45) is 46.8 Å². The lowest BCUT2D eigenvalue weighted by Gasteiger charge is -2.50. The van der Waals surface area contributed by atoms with Crippen molar-refractivity contribution in [2.45, 2.75) is 72.1 Å². The minimum absolute atomic E-state index is 0.741. The van der Waals surface area contributed by atoms with Gasteiger partial charge in [0.05, 0.1) is 0 Å². The monoisotopic (exact) mass is 286 g/mol. The zero-order valence-electron chi connectivity index (χ0n) is 14.4. The second kappa shape index (κ2) is 5.14. The van der Waals surface area contributed by atoms with Crippen LogP contribution in [0, 0.1) is 46.8 Å². The minimum Gasteiger partial charge on any atom is -0.0848 e. The lowest BCUT2D eigenvalue weighted by molar-refractivity contribution is -0.00635. The zero-order valence-corrected chi connectivity index (χ0v) is 14.4. The normalized spacial score (nSPS) is 56.2. The fraction of sp³-hybridized carbons (Fsp3) is 0.905. The molecule has 0 spiro atoms. The van der Waals surface area contributed by atoms with Crippen molar-refractivity contribution in [2.75, 3.05) is 0 Å². The third-order valence-electron chi connectivity index (χ3n) is 8.26. The molecule has 0 aromatic heterocycles.